The van der Waals surface area contributed by atoms with Gasteiger partial charge in [-0.15, -0.1) is 0 Å². The normalized spacial score (nSPS) is 11.4. The molecule has 4 nitrogen and oxygen atoms in total. The molecule has 0 heterocycles. The summed E-state index contributed by atoms with van der Waals surface area (Å²) in [5.41, 5.74) is 6.52. The fourth-order valence-electron chi connectivity index (χ4n) is 2.24. The molecule has 0 aliphatic heterocycles. The molecule has 0 saturated carbocycles. The standard InChI is InChI=1S/C16H14N2O2S/c17-14-9-3-4-11-16(14)21(19,20)18-15-10-5-7-12-6-1-2-8-13(12)15/h1-11,18H,17H2. The van der Waals surface area contributed by atoms with E-state index in [0.717, 1.165) is 10.8 Å². The molecule has 0 radical (unpaired) electrons. The van der Waals surface area contributed by atoms with E-state index < -0.39 is 10.0 Å². The van der Waals surface area contributed by atoms with Crippen LogP contribution >= 0.6 is 0 Å². The molecule has 0 spiro atoms. The number of benzene rings is 3. The van der Waals surface area contributed by atoms with Gasteiger partial charge in [0.15, 0.2) is 0 Å². The summed E-state index contributed by atoms with van der Waals surface area (Å²) in [6, 6.07) is 19.5. The van der Waals surface area contributed by atoms with Gasteiger partial charge in [0.1, 0.15) is 4.90 Å². The fourth-order valence-corrected chi connectivity index (χ4v) is 3.45. The Kier molecular flexibility index (Phi) is 3.27. The molecular formula is C16H14N2O2S. The van der Waals surface area contributed by atoms with E-state index in [9.17, 15) is 8.42 Å². The van der Waals surface area contributed by atoms with Gasteiger partial charge in [0.2, 0.25) is 0 Å². The van der Waals surface area contributed by atoms with Crippen LogP contribution in [0.1, 0.15) is 0 Å². The second-order valence-electron chi connectivity index (χ2n) is 4.67. The van der Waals surface area contributed by atoms with Crippen LogP contribution in [0, 0.1) is 0 Å². The predicted octanol–water partition coefficient (Wildman–Crippen LogP) is 3.22. The van der Waals surface area contributed by atoms with Crippen LogP contribution in [0.5, 0.6) is 0 Å². The zero-order valence-corrected chi connectivity index (χ0v) is 12.0. The topological polar surface area (TPSA) is 72.2 Å². The first kappa shape index (κ1) is 13.5. The van der Waals surface area contributed by atoms with Crippen molar-refractivity contribution in [2.45, 2.75) is 4.90 Å². The van der Waals surface area contributed by atoms with E-state index in [-0.39, 0.29) is 10.6 Å². The van der Waals surface area contributed by atoms with Crippen molar-refractivity contribution in [3.63, 3.8) is 0 Å². The molecule has 3 rings (SSSR count). The largest absolute Gasteiger partial charge is 0.398 e. The Morgan fingerprint density at radius 3 is 2.29 bits per heavy atom. The van der Waals surface area contributed by atoms with E-state index in [0.29, 0.717) is 5.69 Å². The van der Waals surface area contributed by atoms with Crippen LogP contribution in [0.4, 0.5) is 11.4 Å². The maximum Gasteiger partial charge on any atom is 0.263 e. The van der Waals surface area contributed by atoms with Crippen molar-refractivity contribution in [2.75, 3.05) is 10.5 Å². The third-order valence-corrected chi connectivity index (χ3v) is 4.68. The van der Waals surface area contributed by atoms with Gasteiger partial charge >= 0.3 is 0 Å². The minimum absolute atomic E-state index is 0.0814. The molecule has 0 bridgehead atoms. The molecule has 0 unspecified atom stereocenters. The Morgan fingerprint density at radius 1 is 0.810 bits per heavy atom. The summed E-state index contributed by atoms with van der Waals surface area (Å²) in [7, 11) is -3.71. The number of nitrogens with one attached hydrogen (secondary N) is 1. The Morgan fingerprint density at radius 2 is 1.48 bits per heavy atom. The van der Waals surface area contributed by atoms with Crippen LogP contribution in [0.25, 0.3) is 10.8 Å². The van der Waals surface area contributed by atoms with Gasteiger partial charge in [0, 0.05) is 5.39 Å². The Bertz CT molecular complexity index is 900. The first-order valence-electron chi connectivity index (χ1n) is 6.43. The summed E-state index contributed by atoms with van der Waals surface area (Å²) < 4.78 is 27.6. The zero-order valence-electron chi connectivity index (χ0n) is 11.2. The maximum absolute atomic E-state index is 12.5. The summed E-state index contributed by atoms with van der Waals surface area (Å²) in [6.07, 6.45) is 0. The predicted molar refractivity (Wildman–Crippen MR) is 85.6 cm³/mol. The van der Waals surface area contributed by atoms with E-state index >= 15 is 0 Å². The van der Waals surface area contributed by atoms with E-state index in [2.05, 4.69) is 4.72 Å². The third kappa shape index (κ3) is 2.55. The van der Waals surface area contributed by atoms with Crippen molar-refractivity contribution >= 4 is 32.2 Å². The number of sulfonamides is 1. The lowest BCUT2D eigenvalue weighted by molar-refractivity contribution is 0.601. The van der Waals surface area contributed by atoms with Crippen LogP contribution in [0.3, 0.4) is 0 Å². The number of rotatable bonds is 3. The van der Waals surface area contributed by atoms with Gasteiger partial charge in [-0.2, -0.15) is 0 Å². The van der Waals surface area contributed by atoms with Crippen molar-refractivity contribution < 1.29 is 8.42 Å². The number of fused-ring (bicyclic) bond motifs is 1. The smallest absolute Gasteiger partial charge is 0.263 e. The molecule has 5 heteroatoms. The fraction of sp³-hybridized carbons (Fsp3) is 0. The van der Waals surface area contributed by atoms with Crippen molar-refractivity contribution in [3.05, 3.63) is 66.7 Å². The lowest BCUT2D eigenvalue weighted by Gasteiger charge is -2.12. The van der Waals surface area contributed by atoms with Crippen molar-refractivity contribution in [3.8, 4) is 0 Å². The molecule has 3 N–H and O–H groups in total. The van der Waals surface area contributed by atoms with Crippen molar-refractivity contribution in [1.82, 2.24) is 0 Å². The highest BCUT2D eigenvalue weighted by Gasteiger charge is 2.17. The molecule has 21 heavy (non-hydrogen) atoms. The summed E-state index contributed by atoms with van der Waals surface area (Å²) in [4.78, 5) is 0.0814. The van der Waals surface area contributed by atoms with Crippen LogP contribution in [0.2, 0.25) is 0 Å². The van der Waals surface area contributed by atoms with Gasteiger partial charge < -0.3 is 5.73 Å². The Balaban J connectivity index is 2.08. The van der Waals surface area contributed by atoms with Gasteiger partial charge in [-0.3, -0.25) is 4.72 Å². The van der Waals surface area contributed by atoms with Crippen LogP contribution in [-0.4, -0.2) is 8.42 Å². The molecule has 0 atom stereocenters. The van der Waals surface area contributed by atoms with Crippen LogP contribution in [0.15, 0.2) is 71.6 Å². The molecule has 0 amide bonds. The third-order valence-electron chi connectivity index (χ3n) is 3.24. The quantitative estimate of drug-likeness (QED) is 0.729. The first-order chi connectivity index (χ1) is 10.1. The molecule has 3 aromatic rings. The molecule has 0 aliphatic rings. The molecular weight excluding hydrogens is 284 g/mol. The first-order valence-corrected chi connectivity index (χ1v) is 7.91. The van der Waals surface area contributed by atoms with Gasteiger partial charge in [-0.1, -0.05) is 48.5 Å². The summed E-state index contributed by atoms with van der Waals surface area (Å²) >= 11 is 0. The SMILES string of the molecule is Nc1ccccc1S(=O)(=O)Nc1cccc2ccccc12. The number of para-hydroxylation sites is 1. The molecule has 0 saturated heterocycles. The van der Waals surface area contributed by atoms with Crippen LogP contribution < -0.4 is 10.5 Å². The molecule has 0 aliphatic carbocycles. The number of hydrogen-bond acceptors (Lipinski definition) is 3. The average Bonchev–Trinajstić information content (AvgIpc) is 2.47. The second kappa shape index (κ2) is 5.10. The van der Waals surface area contributed by atoms with Crippen molar-refractivity contribution in [1.29, 1.82) is 0 Å². The molecule has 0 fully saturated rings. The molecule has 0 aromatic heterocycles. The lowest BCUT2D eigenvalue weighted by Crippen LogP contribution is -2.14. The number of hydrogen-bond donors (Lipinski definition) is 2. The van der Waals surface area contributed by atoms with Crippen LogP contribution in [-0.2, 0) is 10.0 Å². The summed E-state index contributed by atoms with van der Waals surface area (Å²) in [6.45, 7) is 0. The molecule has 106 valence electrons. The highest BCUT2D eigenvalue weighted by Crippen LogP contribution is 2.27. The van der Waals surface area contributed by atoms with E-state index in [4.69, 9.17) is 5.73 Å². The zero-order chi connectivity index (χ0) is 14.9. The Hall–Kier alpha value is -2.53. The van der Waals surface area contributed by atoms with Gasteiger partial charge in [0.05, 0.1) is 11.4 Å². The van der Waals surface area contributed by atoms with Gasteiger partial charge in [-0.25, -0.2) is 8.42 Å². The van der Waals surface area contributed by atoms with E-state index in [1.165, 1.54) is 6.07 Å². The minimum atomic E-state index is -3.71. The van der Waals surface area contributed by atoms with Crippen molar-refractivity contribution in [2.24, 2.45) is 0 Å². The number of nitrogens with two attached hydrogens (primary N) is 1. The highest BCUT2D eigenvalue weighted by molar-refractivity contribution is 7.93. The summed E-state index contributed by atoms with van der Waals surface area (Å²) in [5, 5.41) is 1.82. The van der Waals surface area contributed by atoms with E-state index in [1.54, 1.807) is 24.3 Å². The highest BCUT2D eigenvalue weighted by atomic mass is 32.2. The van der Waals surface area contributed by atoms with E-state index in [1.807, 2.05) is 36.4 Å². The minimum Gasteiger partial charge on any atom is -0.398 e. The maximum atomic E-state index is 12.5. The average molecular weight is 298 g/mol. The molecule has 3 aromatic carbocycles. The monoisotopic (exact) mass is 298 g/mol. The number of anilines is 2. The Labute approximate surface area is 123 Å². The van der Waals surface area contributed by atoms with Gasteiger partial charge in [-0.05, 0) is 23.6 Å². The number of nitrogen functional groups attached to an aromatic ring is 1. The second-order valence-corrected chi connectivity index (χ2v) is 6.32. The van der Waals surface area contributed by atoms with Gasteiger partial charge in [0.25, 0.3) is 10.0 Å². The summed E-state index contributed by atoms with van der Waals surface area (Å²) in [5.74, 6) is 0. The lowest BCUT2D eigenvalue weighted by atomic mass is 10.1.